The van der Waals surface area contributed by atoms with Gasteiger partial charge in [0.2, 0.25) is 0 Å². The normalized spacial score (nSPS) is 19.5. The first-order chi connectivity index (χ1) is 7.81. The summed E-state index contributed by atoms with van der Waals surface area (Å²) in [5, 5.41) is 3.45. The molecule has 0 aromatic heterocycles. The van der Waals surface area contributed by atoms with Crippen LogP contribution in [-0.2, 0) is 11.2 Å². The zero-order chi connectivity index (χ0) is 11.4. The van der Waals surface area contributed by atoms with Crippen LogP contribution in [-0.4, -0.2) is 20.3 Å². The van der Waals surface area contributed by atoms with Crippen LogP contribution in [0.5, 0.6) is 0 Å². The van der Waals surface area contributed by atoms with Gasteiger partial charge < -0.3 is 10.1 Å². The Bertz CT molecular complexity index is 354. The molecule has 0 amide bonds. The van der Waals surface area contributed by atoms with Gasteiger partial charge in [0.1, 0.15) is 5.82 Å². The van der Waals surface area contributed by atoms with Gasteiger partial charge in [-0.1, -0.05) is 6.07 Å². The summed E-state index contributed by atoms with van der Waals surface area (Å²) in [5.74, 6) is -0.128. The van der Waals surface area contributed by atoms with Crippen molar-refractivity contribution in [2.24, 2.45) is 0 Å². The van der Waals surface area contributed by atoms with E-state index in [1.807, 2.05) is 6.07 Å². The number of halogens is 1. The molecule has 2 nitrogen and oxygen atoms in total. The minimum atomic E-state index is -0.128. The molecule has 16 heavy (non-hydrogen) atoms. The number of ether oxygens (including phenoxy) is 1. The molecule has 0 aliphatic heterocycles. The molecule has 1 aromatic carbocycles. The number of rotatable bonds is 4. The molecular weight excluding hydrogens is 205 g/mol. The number of fused-ring (bicyclic) bond motifs is 1. The molecule has 2 rings (SSSR count). The second kappa shape index (κ2) is 5.41. The molecule has 1 aliphatic carbocycles. The van der Waals surface area contributed by atoms with E-state index in [1.54, 1.807) is 19.2 Å². The summed E-state index contributed by atoms with van der Waals surface area (Å²) in [5.41, 5.74) is 2.41. The first kappa shape index (κ1) is 11.6. The number of hydrogen-bond acceptors (Lipinski definition) is 2. The van der Waals surface area contributed by atoms with E-state index in [4.69, 9.17) is 4.74 Å². The highest BCUT2D eigenvalue weighted by Gasteiger charge is 2.19. The zero-order valence-corrected chi connectivity index (χ0v) is 9.63. The van der Waals surface area contributed by atoms with Crippen LogP contribution in [0.1, 0.15) is 30.0 Å². The lowest BCUT2D eigenvalue weighted by atomic mass is 9.87. The first-order valence-corrected chi connectivity index (χ1v) is 5.82. The molecule has 0 heterocycles. The number of nitrogens with one attached hydrogen (secondary N) is 1. The Labute approximate surface area is 95.8 Å². The average molecular weight is 223 g/mol. The van der Waals surface area contributed by atoms with Crippen LogP contribution in [0, 0.1) is 5.82 Å². The summed E-state index contributed by atoms with van der Waals surface area (Å²) < 4.78 is 18.1. The van der Waals surface area contributed by atoms with Crippen molar-refractivity contribution in [1.82, 2.24) is 5.32 Å². The van der Waals surface area contributed by atoms with E-state index in [0.717, 1.165) is 31.4 Å². The number of hydrogen-bond donors (Lipinski definition) is 1. The number of benzene rings is 1. The van der Waals surface area contributed by atoms with Crippen LogP contribution in [0.3, 0.4) is 0 Å². The molecule has 0 spiro atoms. The van der Waals surface area contributed by atoms with Crippen molar-refractivity contribution in [1.29, 1.82) is 0 Å². The summed E-state index contributed by atoms with van der Waals surface area (Å²) in [6.07, 6.45) is 3.25. The molecule has 3 heteroatoms. The lowest BCUT2D eigenvalue weighted by Crippen LogP contribution is -2.28. The monoisotopic (exact) mass is 223 g/mol. The van der Waals surface area contributed by atoms with Crippen molar-refractivity contribution in [3.05, 3.63) is 35.1 Å². The van der Waals surface area contributed by atoms with Gasteiger partial charge in [-0.05, 0) is 42.5 Å². The van der Waals surface area contributed by atoms with Crippen LogP contribution in [0.4, 0.5) is 4.39 Å². The van der Waals surface area contributed by atoms with Gasteiger partial charge in [-0.2, -0.15) is 0 Å². The highest BCUT2D eigenvalue weighted by atomic mass is 19.1. The molecule has 0 radical (unpaired) electrons. The minimum absolute atomic E-state index is 0.128. The van der Waals surface area contributed by atoms with Gasteiger partial charge in [0, 0.05) is 19.7 Å². The predicted molar refractivity (Wildman–Crippen MR) is 62.0 cm³/mol. The highest BCUT2D eigenvalue weighted by molar-refractivity contribution is 5.32. The lowest BCUT2D eigenvalue weighted by Gasteiger charge is -2.26. The maximum atomic E-state index is 13.1. The zero-order valence-electron chi connectivity index (χ0n) is 9.63. The summed E-state index contributed by atoms with van der Waals surface area (Å²) in [4.78, 5) is 0. The molecule has 1 aromatic rings. The van der Waals surface area contributed by atoms with Crippen LogP contribution >= 0.6 is 0 Å². The van der Waals surface area contributed by atoms with E-state index < -0.39 is 0 Å². The fourth-order valence-corrected chi connectivity index (χ4v) is 2.33. The van der Waals surface area contributed by atoms with Gasteiger partial charge in [-0.3, -0.25) is 0 Å². The second-order valence-electron chi connectivity index (χ2n) is 4.23. The van der Waals surface area contributed by atoms with E-state index in [9.17, 15) is 4.39 Å². The smallest absolute Gasteiger partial charge is 0.123 e. The van der Waals surface area contributed by atoms with Crippen LogP contribution < -0.4 is 5.32 Å². The van der Waals surface area contributed by atoms with Crippen molar-refractivity contribution in [2.75, 3.05) is 20.3 Å². The quantitative estimate of drug-likeness (QED) is 0.792. The predicted octanol–water partition coefficient (Wildman–Crippen LogP) is 2.44. The third-order valence-electron chi connectivity index (χ3n) is 3.12. The molecule has 0 bridgehead atoms. The Balaban J connectivity index is 2.07. The first-order valence-electron chi connectivity index (χ1n) is 5.82. The molecule has 0 saturated heterocycles. The van der Waals surface area contributed by atoms with E-state index in [-0.39, 0.29) is 5.82 Å². The van der Waals surface area contributed by atoms with E-state index in [1.165, 1.54) is 5.56 Å². The molecule has 1 N–H and O–H groups in total. The highest BCUT2D eigenvalue weighted by Crippen LogP contribution is 2.29. The molecule has 1 aliphatic rings. The molecule has 1 atom stereocenters. The Morgan fingerprint density at radius 1 is 1.50 bits per heavy atom. The van der Waals surface area contributed by atoms with Gasteiger partial charge in [0.05, 0.1) is 6.61 Å². The van der Waals surface area contributed by atoms with Crippen molar-refractivity contribution >= 4 is 0 Å². The van der Waals surface area contributed by atoms with E-state index >= 15 is 0 Å². The maximum absolute atomic E-state index is 13.1. The summed E-state index contributed by atoms with van der Waals surface area (Å²) in [7, 11) is 1.70. The number of aryl methyl sites for hydroxylation is 1. The van der Waals surface area contributed by atoms with Gasteiger partial charge in [-0.15, -0.1) is 0 Å². The Kier molecular flexibility index (Phi) is 3.91. The van der Waals surface area contributed by atoms with Gasteiger partial charge >= 0.3 is 0 Å². The largest absolute Gasteiger partial charge is 0.383 e. The third kappa shape index (κ3) is 2.60. The van der Waals surface area contributed by atoms with Crippen molar-refractivity contribution < 1.29 is 9.13 Å². The molecule has 0 fully saturated rings. The van der Waals surface area contributed by atoms with Crippen molar-refractivity contribution in [2.45, 2.75) is 25.3 Å². The van der Waals surface area contributed by atoms with Crippen LogP contribution in [0.15, 0.2) is 18.2 Å². The van der Waals surface area contributed by atoms with Gasteiger partial charge in [-0.25, -0.2) is 4.39 Å². The molecule has 88 valence electrons. The lowest BCUT2D eigenvalue weighted by molar-refractivity contribution is 0.194. The van der Waals surface area contributed by atoms with Crippen LogP contribution in [0.25, 0.3) is 0 Å². The van der Waals surface area contributed by atoms with Gasteiger partial charge in [0.15, 0.2) is 0 Å². The SMILES string of the molecule is COCCNC1CCCc2cc(F)ccc21. The van der Waals surface area contributed by atoms with E-state index in [2.05, 4.69) is 5.32 Å². The topological polar surface area (TPSA) is 21.3 Å². The van der Waals surface area contributed by atoms with Crippen molar-refractivity contribution in [3.8, 4) is 0 Å². The van der Waals surface area contributed by atoms with E-state index in [0.29, 0.717) is 12.6 Å². The fraction of sp³-hybridized carbons (Fsp3) is 0.538. The van der Waals surface area contributed by atoms with Gasteiger partial charge in [0.25, 0.3) is 0 Å². The summed E-state index contributed by atoms with van der Waals surface area (Å²) >= 11 is 0. The summed E-state index contributed by atoms with van der Waals surface area (Å²) in [6, 6.07) is 5.49. The average Bonchev–Trinajstić information content (AvgIpc) is 2.29. The maximum Gasteiger partial charge on any atom is 0.123 e. The molecule has 0 saturated carbocycles. The van der Waals surface area contributed by atoms with Crippen LogP contribution in [0.2, 0.25) is 0 Å². The fourth-order valence-electron chi connectivity index (χ4n) is 2.33. The molecular formula is C13H18FNO. The third-order valence-corrected chi connectivity index (χ3v) is 3.12. The summed E-state index contributed by atoms with van der Waals surface area (Å²) in [6.45, 7) is 1.56. The Morgan fingerprint density at radius 3 is 3.19 bits per heavy atom. The Morgan fingerprint density at radius 2 is 2.38 bits per heavy atom. The minimum Gasteiger partial charge on any atom is -0.383 e. The second-order valence-corrected chi connectivity index (χ2v) is 4.23. The number of methoxy groups -OCH3 is 1. The Hall–Kier alpha value is -0.930. The molecule has 1 unspecified atom stereocenters. The standard InChI is InChI=1S/C13H18FNO/c1-16-8-7-15-13-4-2-3-10-9-11(14)5-6-12(10)13/h5-6,9,13,15H,2-4,7-8H2,1H3. The van der Waals surface area contributed by atoms with Crippen molar-refractivity contribution in [3.63, 3.8) is 0 Å².